The van der Waals surface area contributed by atoms with Crippen LogP contribution in [-0.2, 0) is 20.7 Å². The van der Waals surface area contributed by atoms with Crippen LogP contribution in [0.25, 0.3) is 0 Å². The Morgan fingerprint density at radius 2 is 2.14 bits per heavy atom. The zero-order valence-corrected chi connectivity index (χ0v) is 13.0. The standard InChI is InChI=1S/C17H23NO4/c1-3-11(2)16(17(20)21)18-15(19)10-14-13-7-5-4-6-12(13)8-9-22-14/h4-7,11,14,16H,3,8-10H2,1-2H3,(H,18,19)(H,20,21)/t11-,14?,16-/m0/s1. The number of benzene rings is 1. The van der Waals surface area contributed by atoms with Crippen LogP contribution in [0, 0.1) is 5.92 Å². The third kappa shape index (κ3) is 3.85. The second-order valence-electron chi connectivity index (χ2n) is 5.78. The molecule has 1 unspecified atom stereocenters. The van der Waals surface area contributed by atoms with E-state index in [0.717, 1.165) is 12.0 Å². The number of carbonyl (C=O) groups excluding carboxylic acids is 1. The summed E-state index contributed by atoms with van der Waals surface area (Å²) in [6.45, 7) is 4.32. The lowest BCUT2D eigenvalue weighted by Crippen LogP contribution is -2.45. The van der Waals surface area contributed by atoms with E-state index in [4.69, 9.17) is 4.74 Å². The number of amides is 1. The molecule has 0 aromatic heterocycles. The van der Waals surface area contributed by atoms with Gasteiger partial charge in [-0.1, -0.05) is 44.5 Å². The highest BCUT2D eigenvalue weighted by Crippen LogP contribution is 2.29. The van der Waals surface area contributed by atoms with Gasteiger partial charge in [0.1, 0.15) is 6.04 Å². The smallest absolute Gasteiger partial charge is 0.326 e. The Morgan fingerprint density at radius 1 is 1.41 bits per heavy atom. The molecule has 0 aliphatic carbocycles. The minimum atomic E-state index is -0.993. The topological polar surface area (TPSA) is 75.6 Å². The average Bonchev–Trinajstić information content (AvgIpc) is 2.52. The maximum atomic E-state index is 12.2. The SMILES string of the molecule is CC[C@H](C)[C@H](NC(=O)CC1OCCc2ccccc21)C(=O)O. The highest BCUT2D eigenvalue weighted by molar-refractivity contribution is 5.84. The van der Waals surface area contributed by atoms with Gasteiger partial charge in [-0.3, -0.25) is 4.79 Å². The molecule has 1 amide bonds. The summed E-state index contributed by atoms with van der Waals surface area (Å²) in [7, 11) is 0. The van der Waals surface area contributed by atoms with Crippen molar-refractivity contribution in [3.63, 3.8) is 0 Å². The molecule has 0 saturated heterocycles. The van der Waals surface area contributed by atoms with Gasteiger partial charge in [0.05, 0.1) is 19.1 Å². The van der Waals surface area contributed by atoms with E-state index >= 15 is 0 Å². The highest BCUT2D eigenvalue weighted by Gasteiger charge is 2.28. The number of carbonyl (C=O) groups is 2. The van der Waals surface area contributed by atoms with Crippen LogP contribution in [0.5, 0.6) is 0 Å². The molecule has 0 saturated carbocycles. The number of hydrogen-bond acceptors (Lipinski definition) is 3. The molecule has 5 nitrogen and oxygen atoms in total. The summed E-state index contributed by atoms with van der Waals surface area (Å²) in [5, 5.41) is 11.9. The molecule has 2 rings (SSSR count). The van der Waals surface area contributed by atoms with Crippen LogP contribution in [0.3, 0.4) is 0 Å². The first kappa shape index (κ1) is 16.5. The van der Waals surface area contributed by atoms with Gasteiger partial charge < -0.3 is 15.2 Å². The molecule has 0 bridgehead atoms. The predicted octanol–water partition coefficient (Wildman–Crippen LogP) is 2.31. The summed E-state index contributed by atoms with van der Waals surface area (Å²) in [5.74, 6) is -1.39. The fraction of sp³-hybridized carbons (Fsp3) is 0.529. The van der Waals surface area contributed by atoms with Crippen LogP contribution < -0.4 is 5.32 Å². The van der Waals surface area contributed by atoms with Crippen molar-refractivity contribution in [2.45, 2.75) is 45.3 Å². The lowest BCUT2D eigenvalue weighted by atomic mass is 9.95. The summed E-state index contributed by atoms with van der Waals surface area (Å²) < 4.78 is 5.70. The average molecular weight is 305 g/mol. The normalized spacial score (nSPS) is 19.8. The van der Waals surface area contributed by atoms with Crippen molar-refractivity contribution in [3.8, 4) is 0 Å². The molecule has 120 valence electrons. The molecule has 0 fully saturated rings. The molecule has 1 aromatic rings. The molecule has 0 spiro atoms. The number of rotatable bonds is 6. The van der Waals surface area contributed by atoms with E-state index in [-0.39, 0.29) is 24.3 Å². The van der Waals surface area contributed by atoms with Crippen molar-refractivity contribution < 1.29 is 19.4 Å². The van der Waals surface area contributed by atoms with Crippen molar-refractivity contribution in [2.75, 3.05) is 6.61 Å². The van der Waals surface area contributed by atoms with E-state index in [1.807, 2.05) is 38.1 Å². The van der Waals surface area contributed by atoms with Crippen LogP contribution >= 0.6 is 0 Å². The molecule has 22 heavy (non-hydrogen) atoms. The number of hydrogen-bond donors (Lipinski definition) is 2. The van der Waals surface area contributed by atoms with Crippen molar-refractivity contribution in [2.24, 2.45) is 5.92 Å². The van der Waals surface area contributed by atoms with E-state index in [2.05, 4.69) is 5.32 Å². The van der Waals surface area contributed by atoms with Crippen molar-refractivity contribution >= 4 is 11.9 Å². The monoisotopic (exact) mass is 305 g/mol. The Bertz CT molecular complexity index is 543. The number of carboxylic acids is 1. The summed E-state index contributed by atoms with van der Waals surface area (Å²) in [6.07, 6.45) is 1.40. The molecule has 1 aromatic carbocycles. The third-order valence-corrected chi connectivity index (χ3v) is 4.26. The third-order valence-electron chi connectivity index (χ3n) is 4.26. The van der Waals surface area contributed by atoms with Gasteiger partial charge in [-0.15, -0.1) is 0 Å². The van der Waals surface area contributed by atoms with Gasteiger partial charge in [-0.05, 0) is 23.5 Å². The Morgan fingerprint density at radius 3 is 2.82 bits per heavy atom. The number of carboxylic acid groups (broad SMARTS) is 1. The van der Waals surface area contributed by atoms with Crippen LogP contribution in [0.2, 0.25) is 0 Å². The predicted molar refractivity (Wildman–Crippen MR) is 82.5 cm³/mol. The molecule has 2 N–H and O–H groups in total. The van der Waals surface area contributed by atoms with Crippen molar-refractivity contribution in [1.82, 2.24) is 5.32 Å². The second kappa shape index (κ2) is 7.40. The lowest BCUT2D eigenvalue weighted by Gasteiger charge is -2.27. The summed E-state index contributed by atoms with van der Waals surface area (Å²) in [6, 6.07) is 7.07. The van der Waals surface area contributed by atoms with Gasteiger partial charge in [0.25, 0.3) is 0 Å². The minimum Gasteiger partial charge on any atom is -0.480 e. The summed E-state index contributed by atoms with van der Waals surface area (Å²) >= 11 is 0. The molecule has 5 heteroatoms. The molecular weight excluding hydrogens is 282 g/mol. The molecule has 0 radical (unpaired) electrons. The van der Waals surface area contributed by atoms with Gasteiger partial charge in [0, 0.05) is 0 Å². The zero-order chi connectivity index (χ0) is 16.1. The van der Waals surface area contributed by atoms with E-state index in [1.165, 1.54) is 5.56 Å². The van der Waals surface area contributed by atoms with E-state index in [0.29, 0.717) is 13.0 Å². The molecule has 1 heterocycles. The Labute approximate surface area is 130 Å². The minimum absolute atomic E-state index is 0.110. The van der Waals surface area contributed by atoms with Gasteiger partial charge in [0.2, 0.25) is 5.91 Å². The van der Waals surface area contributed by atoms with Crippen molar-refractivity contribution in [1.29, 1.82) is 0 Å². The largest absolute Gasteiger partial charge is 0.480 e. The number of fused-ring (bicyclic) bond motifs is 1. The van der Waals surface area contributed by atoms with Gasteiger partial charge in [-0.25, -0.2) is 4.79 Å². The Hall–Kier alpha value is -1.88. The fourth-order valence-corrected chi connectivity index (χ4v) is 2.73. The number of nitrogens with one attached hydrogen (secondary N) is 1. The van der Waals surface area contributed by atoms with Gasteiger partial charge >= 0.3 is 5.97 Å². The Kier molecular flexibility index (Phi) is 5.55. The first-order valence-corrected chi connectivity index (χ1v) is 7.74. The maximum Gasteiger partial charge on any atom is 0.326 e. The number of aliphatic carboxylic acids is 1. The molecule has 3 atom stereocenters. The fourth-order valence-electron chi connectivity index (χ4n) is 2.73. The van der Waals surface area contributed by atoms with Crippen molar-refractivity contribution in [3.05, 3.63) is 35.4 Å². The van der Waals surface area contributed by atoms with E-state index in [9.17, 15) is 14.7 Å². The summed E-state index contributed by atoms with van der Waals surface area (Å²) in [4.78, 5) is 23.5. The first-order valence-electron chi connectivity index (χ1n) is 7.74. The highest BCUT2D eigenvalue weighted by atomic mass is 16.5. The maximum absolute atomic E-state index is 12.2. The molecule has 1 aliphatic rings. The van der Waals surface area contributed by atoms with Gasteiger partial charge in [0.15, 0.2) is 0 Å². The van der Waals surface area contributed by atoms with Crippen LogP contribution in [-0.4, -0.2) is 29.6 Å². The van der Waals surface area contributed by atoms with Gasteiger partial charge in [-0.2, -0.15) is 0 Å². The van der Waals surface area contributed by atoms with Crippen LogP contribution in [0.4, 0.5) is 0 Å². The van der Waals surface area contributed by atoms with E-state index < -0.39 is 12.0 Å². The first-order chi connectivity index (χ1) is 10.5. The zero-order valence-electron chi connectivity index (χ0n) is 13.0. The quantitative estimate of drug-likeness (QED) is 0.845. The molecule has 1 aliphatic heterocycles. The Balaban J connectivity index is 2.02. The van der Waals surface area contributed by atoms with Crippen LogP contribution in [0.1, 0.15) is 43.9 Å². The second-order valence-corrected chi connectivity index (χ2v) is 5.78. The molecular formula is C17H23NO4. The lowest BCUT2D eigenvalue weighted by molar-refractivity contribution is -0.143. The van der Waals surface area contributed by atoms with E-state index in [1.54, 1.807) is 0 Å². The number of ether oxygens (including phenoxy) is 1. The summed E-state index contributed by atoms with van der Waals surface area (Å²) in [5.41, 5.74) is 2.22. The van der Waals surface area contributed by atoms with Crippen LogP contribution in [0.15, 0.2) is 24.3 Å².